The van der Waals surface area contributed by atoms with E-state index in [0.717, 1.165) is 12.1 Å². The number of nitrogens with one attached hydrogen (secondary N) is 1. The molecule has 0 amide bonds. The molecule has 17 heavy (non-hydrogen) atoms. The number of benzene rings is 1. The Morgan fingerprint density at radius 3 is 2.53 bits per heavy atom. The summed E-state index contributed by atoms with van der Waals surface area (Å²) in [7, 11) is -4.58. The van der Waals surface area contributed by atoms with Crippen LogP contribution in [0.1, 0.15) is 0 Å². The summed E-state index contributed by atoms with van der Waals surface area (Å²) in [6.45, 7) is 0. The van der Waals surface area contributed by atoms with E-state index < -0.39 is 25.6 Å². The van der Waals surface area contributed by atoms with Gasteiger partial charge in [-0.2, -0.15) is 23.8 Å². The smallest absolute Gasteiger partial charge is 0.282 e. The van der Waals surface area contributed by atoms with Crippen LogP contribution < -0.4 is 0 Å². The minimum absolute atomic E-state index is 0. The minimum Gasteiger partial charge on any atom is -0.282 e. The zero-order chi connectivity index (χ0) is 11.9. The maximum Gasteiger partial charge on any atom is 0.297 e. The zero-order valence-electron chi connectivity index (χ0n) is 7.79. The van der Waals surface area contributed by atoms with Gasteiger partial charge in [0.1, 0.15) is 15.9 Å². The molecule has 95 valence electrons. The fourth-order valence-electron chi connectivity index (χ4n) is 1.21. The van der Waals surface area contributed by atoms with Gasteiger partial charge in [0.15, 0.2) is 0 Å². The largest absolute Gasteiger partial charge is 0.297 e. The van der Waals surface area contributed by atoms with Crippen LogP contribution >= 0.6 is 0 Å². The second-order valence-electron chi connectivity index (χ2n) is 2.87. The first kappa shape index (κ1) is 13.7. The Bertz CT molecular complexity index is 681. The number of aromatic amines is 1. The van der Waals surface area contributed by atoms with Crippen molar-refractivity contribution in [3.8, 4) is 0 Å². The molecule has 9 nitrogen and oxygen atoms in total. The fourth-order valence-corrected chi connectivity index (χ4v) is 1.87. The third-order valence-corrected chi connectivity index (χ3v) is 2.73. The first-order valence-electron chi connectivity index (χ1n) is 3.86. The predicted octanol–water partition coefficient (Wildman–Crippen LogP) is 0.110. The molecule has 2 aromatic rings. The number of nitro groups is 1. The summed E-state index contributed by atoms with van der Waals surface area (Å²) in [5, 5.41) is 19.6. The Kier molecular flexibility index (Phi) is 3.64. The maximum atomic E-state index is 11.0. The minimum atomic E-state index is -4.58. The predicted molar refractivity (Wildman–Crippen MR) is 50.4 cm³/mol. The summed E-state index contributed by atoms with van der Waals surface area (Å²) >= 11 is 0. The molecular formula is C6H4AgN4O5S. The van der Waals surface area contributed by atoms with E-state index in [1.807, 2.05) is 0 Å². The van der Waals surface area contributed by atoms with Gasteiger partial charge in [-0.15, -0.1) is 0 Å². The van der Waals surface area contributed by atoms with E-state index >= 15 is 0 Å². The van der Waals surface area contributed by atoms with Crippen molar-refractivity contribution in [3.63, 3.8) is 0 Å². The quantitative estimate of drug-likeness (QED) is 0.338. The monoisotopic (exact) mass is 351 g/mol. The number of rotatable bonds is 2. The number of nitro benzene ring substituents is 1. The molecule has 0 unspecified atom stereocenters. The van der Waals surface area contributed by atoms with Crippen LogP contribution in [0.15, 0.2) is 17.0 Å². The molecule has 0 aliphatic rings. The fraction of sp³-hybridized carbons (Fsp3) is 0. The number of fused-ring (bicyclic) bond motifs is 1. The Labute approximate surface area is 110 Å². The van der Waals surface area contributed by atoms with Crippen molar-refractivity contribution in [1.82, 2.24) is 15.4 Å². The van der Waals surface area contributed by atoms with Gasteiger partial charge in [-0.1, -0.05) is 0 Å². The molecule has 0 fully saturated rings. The summed E-state index contributed by atoms with van der Waals surface area (Å²) in [6.07, 6.45) is 0. The van der Waals surface area contributed by atoms with Gasteiger partial charge in [0.25, 0.3) is 15.8 Å². The van der Waals surface area contributed by atoms with Gasteiger partial charge in [0.05, 0.1) is 4.92 Å². The number of non-ortho nitro benzene ring substituents is 1. The van der Waals surface area contributed by atoms with Crippen LogP contribution in [0, 0.1) is 10.1 Å². The summed E-state index contributed by atoms with van der Waals surface area (Å²) in [5.41, 5.74) is -0.649. The molecule has 2 rings (SSSR count). The zero-order valence-corrected chi connectivity index (χ0v) is 10.1. The average Bonchev–Trinajstić information content (AvgIpc) is 2.61. The van der Waals surface area contributed by atoms with Crippen LogP contribution in [0.3, 0.4) is 0 Å². The van der Waals surface area contributed by atoms with Gasteiger partial charge in [-0.05, 0) is 0 Å². The number of hydrogen-bond acceptors (Lipinski definition) is 6. The molecule has 0 atom stereocenters. The van der Waals surface area contributed by atoms with E-state index in [4.69, 9.17) is 4.55 Å². The Hall–Kier alpha value is -1.33. The molecule has 0 saturated heterocycles. The number of nitrogens with zero attached hydrogens (tertiary/aromatic N) is 3. The van der Waals surface area contributed by atoms with Gasteiger partial charge in [-0.3, -0.25) is 14.7 Å². The van der Waals surface area contributed by atoms with Gasteiger partial charge in [0.2, 0.25) is 0 Å². The van der Waals surface area contributed by atoms with Crippen LogP contribution in [-0.2, 0) is 32.5 Å². The molecule has 0 spiro atoms. The van der Waals surface area contributed by atoms with Gasteiger partial charge < -0.3 is 0 Å². The first-order chi connectivity index (χ1) is 7.39. The third kappa shape index (κ3) is 2.50. The van der Waals surface area contributed by atoms with Gasteiger partial charge in [0, 0.05) is 34.5 Å². The molecule has 0 saturated carbocycles. The van der Waals surface area contributed by atoms with Crippen molar-refractivity contribution >= 4 is 26.8 Å². The van der Waals surface area contributed by atoms with Gasteiger partial charge in [-0.25, -0.2) is 0 Å². The van der Waals surface area contributed by atoms with Crippen LogP contribution in [0.2, 0.25) is 0 Å². The molecule has 0 bridgehead atoms. The van der Waals surface area contributed by atoms with Crippen LogP contribution in [0.4, 0.5) is 5.69 Å². The molecule has 2 N–H and O–H groups in total. The average molecular weight is 352 g/mol. The van der Waals surface area contributed by atoms with E-state index in [9.17, 15) is 18.5 Å². The van der Waals surface area contributed by atoms with Crippen molar-refractivity contribution in [1.29, 1.82) is 0 Å². The molecule has 1 heterocycles. The summed E-state index contributed by atoms with van der Waals surface area (Å²) < 4.78 is 30.8. The third-order valence-electron chi connectivity index (χ3n) is 1.86. The van der Waals surface area contributed by atoms with Gasteiger partial charge >= 0.3 is 0 Å². The summed E-state index contributed by atoms with van der Waals surface area (Å²) in [4.78, 5) is 9.08. The number of aromatic nitrogens is 3. The van der Waals surface area contributed by atoms with Crippen molar-refractivity contribution in [2.24, 2.45) is 0 Å². The Morgan fingerprint density at radius 2 is 2.00 bits per heavy atom. The normalized spacial score (nSPS) is 11.1. The van der Waals surface area contributed by atoms with Crippen molar-refractivity contribution < 1.29 is 40.3 Å². The molecule has 1 radical (unpaired) electrons. The number of hydrogen-bond donors (Lipinski definition) is 2. The Balaban J connectivity index is 0.00000144. The second-order valence-corrected chi connectivity index (χ2v) is 4.26. The molecule has 11 heteroatoms. The van der Waals surface area contributed by atoms with Crippen LogP contribution in [-0.4, -0.2) is 33.3 Å². The standard InChI is InChI=1S/C6H4N4O5S.Ag/c11-10(12)3-1-4-6(8-9-7-4)5(2-3)16(13,14)15;/h1-2H,(H,7,8,9)(H,13,14,15);. The molecule has 1 aromatic carbocycles. The van der Waals surface area contributed by atoms with E-state index in [2.05, 4.69) is 15.4 Å². The SMILES string of the molecule is O=[N+]([O-])c1cc(S(=O)(=O)O)c2n[nH]nc2c1.[Ag]. The van der Waals surface area contributed by atoms with Crippen molar-refractivity contribution in [3.05, 3.63) is 22.2 Å². The molecule has 0 aliphatic carbocycles. The molecule has 1 aromatic heterocycles. The molecule has 0 aliphatic heterocycles. The van der Waals surface area contributed by atoms with E-state index in [1.165, 1.54) is 0 Å². The van der Waals surface area contributed by atoms with E-state index in [0.29, 0.717) is 0 Å². The van der Waals surface area contributed by atoms with E-state index in [-0.39, 0.29) is 33.4 Å². The van der Waals surface area contributed by atoms with Crippen molar-refractivity contribution in [2.45, 2.75) is 4.90 Å². The van der Waals surface area contributed by atoms with E-state index in [1.54, 1.807) is 0 Å². The summed E-state index contributed by atoms with van der Waals surface area (Å²) in [6, 6.07) is 1.77. The topological polar surface area (TPSA) is 139 Å². The number of H-pyrrole nitrogens is 1. The van der Waals surface area contributed by atoms with Crippen molar-refractivity contribution in [2.75, 3.05) is 0 Å². The molecular weight excluding hydrogens is 348 g/mol. The Morgan fingerprint density at radius 1 is 1.35 bits per heavy atom. The second kappa shape index (κ2) is 4.50. The van der Waals surface area contributed by atoms with Crippen LogP contribution in [0.25, 0.3) is 11.0 Å². The van der Waals surface area contributed by atoms with Crippen LogP contribution in [0.5, 0.6) is 0 Å². The summed E-state index contributed by atoms with van der Waals surface area (Å²) in [5.74, 6) is 0. The first-order valence-corrected chi connectivity index (χ1v) is 5.30. The maximum absolute atomic E-state index is 11.0.